The van der Waals surface area contributed by atoms with E-state index in [-0.39, 0.29) is 48.9 Å². The number of hydrogen-bond donors (Lipinski definition) is 7. The van der Waals surface area contributed by atoms with Gasteiger partial charge in [-0.15, -0.1) is 0 Å². The van der Waals surface area contributed by atoms with Crippen LogP contribution in [0, 0.1) is 5.92 Å². The first-order valence-electron chi connectivity index (χ1n) is 17.9. The van der Waals surface area contributed by atoms with Crippen LogP contribution in [0.5, 0.6) is 0 Å². The number of aliphatic imine (C=N–C) groups is 1. The number of β-amino-alcohol motifs (C(OH)–C–C–N with tert-alkyl or cyclic N) is 1. The van der Waals surface area contributed by atoms with Gasteiger partial charge in [0.25, 0.3) is 0 Å². The predicted molar refractivity (Wildman–Crippen MR) is 183 cm³/mol. The Kier molecular flexibility index (Phi) is 12.3. The van der Waals surface area contributed by atoms with E-state index in [2.05, 4.69) is 64.0 Å². The Morgan fingerprint density at radius 1 is 1.11 bits per heavy atom. The van der Waals surface area contributed by atoms with Gasteiger partial charge in [0.2, 0.25) is 0 Å². The van der Waals surface area contributed by atoms with Gasteiger partial charge in [0, 0.05) is 49.0 Å². The molecule has 4 aliphatic heterocycles. The number of carboxylic acid groups (broad SMARTS) is 1. The summed E-state index contributed by atoms with van der Waals surface area (Å²) in [6.07, 6.45) is 13.3. The van der Waals surface area contributed by atoms with Crippen molar-refractivity contribution >= 4 is 12.2 Å². The number of aliphatic carboxylic acids is 1. The van der Waals surface area contributed by atoms with Gasteiger partial charge in [-0.25, -0.2) is 0 Å². The standard InChI is InChI=1S/C36H60N6O4/c1-25-32(43)19-31(42-15-14-38-24-42)30(40-25)12-11-26-8-5-3-4-6-13-36(46,22-34(44)45)23-39-35(2)20-29(41-33(37)21-35)18-28-10-7-9-27(16-26)17-28/h7,9-10,14,17,25-26,29-33,39-41,43,46H,3-6,8,11-13,15-16,18-24,37H2,1-2H3,(H,44,45). The van der Waals surface area contributed by atoms with E-state index in [9.17, 15) is 20.1 Å². The molecule has 10 heteroatoms. The van der Waals surface area contributed by atoms with E-state index in [1.165, 1.54) is 11.1 Å². The van der Waals surface area contributed by atoms with Gasteiger partial charge in [0.15, 0.2) is 0 Å². The van der Waals surface area contributed by atoms with E-state index >= 15 is 0 Å². The van der Waals surface area contributed by atoms with E-state index in [0.717, 1.165) is 83.8 Å². The van der Waals surface area contributed by atoms with Crippen LogP contribution >= 0.6 is 0 Å². The maximum atomic E-state index is 11.7. The van der Waals surface area contributed by atoms with Crippen molar-refractivity contribution in [3.63, 3.8) is 0 Å². The molecule has 10 nitrogen and oxygen atoms in total. The summed E-state index contributed by atoms with van der Waals surface area (Å²) in [5.74, 6) is -0.415. The third-order valence-electron chi connectivity index (χ3n) is 11.2. The highest BCUT2D eigenvalue weighted by atomic mass is 16.4. The molecule has 9 unspecified atom stereocenters. The first-order valence-corrected chi connectivity index (χ1v) is 17.9. The Morgan fingerprint density at radius 2 is 1.89 bits per heavy atom. The van der Waals surface area contributed by atoms with Crippen LogP contribution in [0.1, 0.15) is 102 Å². The molecule has 1 aromatic carbocycles. The molecule has 46 heavy (non-hydrogen) atoms. The lowest BCUT2D eigenvalue weighted by molar-refractivity contribution is -0.143. The highest BCUT2D eigenvalue weighted by Crippen LogP contribution is 2.31. The monoisotopic (exact) mass is 640 g/mol. The van der Waals surface area contributed by atoms with Gasteiger partial charge in [0.05, 0.1) is 31.0 Å². The van der Waals surface area contributed by atoms with Crippen LogP contribution in [-0.2, 0) is 17.6 Å². The number of carbonyl (C=O) groups is 1. The summed E-state index contributed by atoms with van der Waals surface area (Å²) in [7, 11) is 0. The highest BCUT2D eigenvalue weighted by molar-refractivity contribution is 5.68. The summed E-state index contributed by atoms with van der Waals surface area (Å²) in [6.45, 7) is 6.09. The molecule has 2 fully saturated rings. The number of nitrogens with one attached hydrogen (secondary N) is 3. The average molecular weight is 641 g/mol. The molecular weight excluding hydrogens is 580 g/mol. The van der Waals surface area contributed by atoms with Crippen LogP contribution in [0.15, 0.2) is 29.3 Å². The second-order valence-electron chi connectivity index (χ2n) is 15.4. The average Bonchev–Trinajstić information content (AvgIpc) is 3.52. The first kappa shape index (κ1) is 35.4. The molecule has 4 aliphatic rings. The van der Waals surface area contributed by atoms with Gasteiger partial charge < -0.3 is 31.7 Å². The number of aliphatic hydroxyl groups is 2. The SMILES string of the molecule is CC1NC(CCC2CCCCCCC(O)(CC(=O)O)CNC3(C)CC(N)NC(Cc4cccc(c4)C2)C3)C(N2CC=NC2)CC1O. The third-order valence-corrected chi connectivity index (χ3v) is 11.2. The predicted octanol–water partition coefficient (Wildman–Crippen LogP) is 2.94. The molecule has 0 aromatic heterocycles. The third kappa shape index (κ3) is 10.0. The zero-order valence-corrected chi connectivity index (χ0v) is 28.2. The highest BCUT2D eigenvalue weighted by Gasteiger charge is 2.39. The maximum Gasteiger partial charge on any atom is 0.306 e. The molecule has 0 aliphatic carbocycles. The van der Waals surface area contributed by atoms with Gasteiger partial charge in [-0.05, 0) is 82.3 Å². The van der Waals surface area contributed by atoms with Gasteiger partial charge in [-0.3, -0.25) is 20.0 Å². The smallest absolute Gasteiger partial charge is 0.306 e. The van der Waals surface area contributed by atoms with Crippen LogP contribution in [0.3, 0.4) is 0 Å². The number of nitrogens with two attached hydrogens (primary N) is 1. The lowest BCUT2D eigenvalue weighted by Gasteiger charge is -2.44. The van der Waals surface area contributed by atoms with Gasteiger partial charge in [0.1, 0.15) is 0 Å². The fourth-order valence-electron chi connectivity index (χ4n) is 8.69. The molecule has 4 heterocycles. The van der Waals surface area contributed by atoms with E-state index in [1.54, 1.807) is 0 Å². The molecule has 0 radical (unpaired) electrons. The topological polar surface area (TPSA) is 155 Å². The Labute approximate surface area is 276 Å². The summed E-state index contributed by atoms with van der Waals surface area (Å²) >= 11 is 0. The number of aliphatic hydroxyl groups excluding tert-OH is 1. The second-order valence-corrected chi connectivity index (χ2v) is 15.4. The summed E-state index contributed by atoms with van der Waals surface area (Å²) in [6, 6.07) is 9.97. The zero-order valence-electron chi connectivity index (χ0n) is 28.2. The van der Waals surface area contributed by atoms with Crippen molar-refractivity contribution in [1.29, 1.82) is 0 Å². The molecule has 0 spiro atoms. The largest absolute Gasteiger partial charge is 0.481 e. The van der Waals surface area contributed by atoms with Gasteiger partial charge in [-0.2, -0.15) is 0 Å². The van der Waals surface area contributed by atoms with E-state index in [4.69, 9.17) is 5.73 Å². The lowest BCUT2D eigenvalue weighted by Crippen LogP contribution is -2.63. The molecule has 4 bridgehead atoms. The van der Waals surface area contributed by atoms with Crippen molar-refractivity contribution in [2.45, 2.75) is 151 Å². The Morgan fingerprint density at radius 3 is 2.65 bits per heavy atom. The number of carboxylic acids is 1. The van der Waals surface area contributed by atoms with Crippen molar-refractivity contribution in [3.05, 3.63) is 35.4 Å². The summed E-state index contributed by atoms with van der Waals surface area (Å²) in [5.41, 5.74) is 7.62. The van der Waals surface area contributed by atoms with Crippen LogP contribution < -0.4 is 21.7 Å². The summed E-state index contributed by atoms with van der Waals surface area (Å²) < 4.78 is 0. The molecule has 0 saturated carbocycles. The van der Waals surface area contributed by atoms with Crippen molar-refractivity contribution in [2.75, 3.05) is 19.8 Å². The molecule has 2 saturated heterocycles. The molecular formula is C36H60N6O4. The number of hydrogen-bond acceptors (Lipinski definition) is 9. The molecule has 5 rings (SSSR count). The zero-order chi connectivity index (χ0) is 32.7. The molecule has 8 N–H and O–H groups in total. The van der Waals surface area contributed by atoms with E-state index in [0.29, 0.717) is 24.8 Å². The normalized spacial score (nSPS) is 38.6. The minimum Gasteiger partial charge on any atom is -0.481 e. The van der Waals surface area contributed by atoms with Crippen LogP contribution in [0.2, 0.25) is 0 Å². The van der Waals surface area contributed by atoms with Crippen molar-refractivity contribution in [3.8, 4) is 0 Å². The Bertz CT molecular complexity index is 1160. The molecule has 0 amide bonds. The van der Waals surface area contributed by atoms with Gasteiger partial charge in [-0.1, -0.05) is 56.4 Å². The molecule has 1 aromatic rings. The maximum absolute atomic E-state index is 11.7. The fourth-order valence-corrected chi connectivity index (χ4v) is 8.69. The number of fused-ring (bicyclic) bond motifs is 4. The van der Waals surface area contributed by atoms with E-state index < -0.39 is 11.6 Å². The Balaban J connectivity index is 1.31. The van der Waals surface area contributed by atoms with Crippen LogP contribution in [0.4, 0.5) is 0 Å². The quantitative estimate of drug-likeness (QED) is 0.249. The van der Waals surface area contributed by atoms with Crippen molar-refractivity contribution < 1.29 is 20.1 Å². The fraction of sp³-hybridized carbons (Fsp3) is 0.778. The number of nitrogens with zero attached hydrogens (tertiary/aromatic N) is 2. The number of benzene rings is 1. The van der Waals surface area contributed by atoms with Crippen molar-refractivity contribution in [2.24, 2.45) is 16.6 Å². The molecule has 9 atom stereocenters. The number of rotatable bonds is 6. The molecule has 258 valence electrons. The minimum absolute atomic E-state index is 0.0880. The minimum atomic E-state index is -1.28. The first-order chi connectivity index (χ1) is 22.0. The lowest BCUT2D eigenvalue weighted by atomic mass is 9.80. The summed E-state index contributed by atoms with van der Waals surface area (Å²) in [5, 5.41) is 42.7. The second kappa shape index (κ2) is 16.0. The van der Waals surface area contributed by atoms with Gasteiger partial charge >= 0.3 is 5.97 Å². The van der Waals surface area contributed by atoms with Crippen molar-refractivity contribution in [1.82, 2.24) is 20.9 Å². The van der Waals surface area contributed by atoms with Crippen LogP contribution in [0.25, 0.3) is 0 Å². The van der Waals surface area contributed by atoms with E-state index in [1.807, 2.05) is 6.21 Å². The summed E-state index contributed by atoms with van der Waals surface area (Å²) in [4.78, 5) is 18.6. The van der Waals surface area contributed by atoms with Crippen LogP contribution in [-0.4, -0.2) is 99.7 Å². The Hall–Kier alpha value is -1.92. The number of piperidine rings is 2.